The van der Waals surface area contributed by atoms with Crippen LogP contribution in [-0.2, 0) is 12.8 Å². The van der Waals surface area contributed by atoms with Crippen LogP contribution >= 0.6 is 0 Å². The third-order valence-corrected chi connectivity index (χ3v) is 7.52. The molecule has 1 aliphatic carbocycles. The van der Waals surface area contributed by atoms with Crippen LogP contribution in [0.25, 0.3) is 11.1 Å². The lowest BCUT2D eigenvalue weighted by molar-refractivity contribution is 0.0626. The molecule has 0 spiro atoms. The van der Waals surface area contributed by atoms with Gasteiger partial charge >= 0.3 is 5.97 Å². The van der Waals surface area contributed by atoms with E-state index in [1.807, 2.05) is 29.2 Å². The molecule has 0 amide bonds. The molecule has 198 valence electrons. The summed E-state index contributed by atoms with van der Waals surface area (Å²) < 4.78 is 53.6. The van der Waals surface area contributed by atoms with Gasteiger partial charge in [0, 0.05) is 37.7 Å². The molecule has 1 heterocycles. The summed E-state index contributed by atoms with van der Waals surface area (Å²) in [6.07, 6.45) is 0.398. The molecule has 1 aliphatic heterocycles. The van der Waals surface area contributed by atoms with E-state index in [2.05, 4.69) is 0 Å². The van der Waals surface area contributed by atoms with E-state index in [1.165, 1.54) is 12.1 Å². The van der Waals surface area contributed by atoms with E-state index in [9.17, 15) is 27.5 Å². The number of aryl methyl sites for hydroxylation is 1. The number of halogens is 4. The number of carbonyl (C=O) groups is 1. The van der Waals surface area contributed by atoms with Gasteiger partial charge in [0.1, 0.15) is 11.6 Å². The Hall–Kier alpha value is -3.45. The fraction of sp³-hybridized carbons (Fsp3) is 0.323. The number of hydrogen-bond donors (Lipinski definition) is 1. The second-order valence-corrected chi connectivity index (χ2v) is 10.2. The Morgan fingerprint density at radius 1 is 0.947 bits per heavy atom. The number of hydrogen-bond acceptors (Lipinski definition) is 2. The van der Waals surface area contributed by atoms with Gasteiger partial charge in [-0.15, -0.1) is 0 Å². The minimum Gasteiger partial charge on any atom is -0.478 e. The van der Waals surface area contributed by atoms with Crippen molar-refractivity contribution < 1.29 is 27.5 Å². The SMILES string of the molecule is O=C(O)c1ccc2c(c1)CCCC(c1ccc(F)cc1F)=C2c1ccc(CC2CN(CCC(F)F)C2)cc1. The maximum absolute atomic E-state index is 15.0. The number of carboxylic acid groups (broad SMARTS) is 1. The van der Waals surface area contributed by atoms with Gasteiger partial charge in [0.2, 0.25) is 6.43 Å². The lowest BCUT2D eigenvalue weighted by Crippen LogP contribution is -2.48. The molecule has 0 aromatic heterocycles. The second-order valence-electron chi connectivity index (χ2n) is 10.2. The summed E-state index contributed by atoms with van der Waals surface area (Å²) in [4.78, 5) is 13.6. The standard InChI is InChI=1S/C31H29F4NO2/c32-24-9-11-26(28(33)16-24)27-3-1-2-22-15-23(31(37)38)8-10-25(22)30(27)21-6-4-19(5-7-21)14-20-17-36(18-20)13-12-29(34)35/h4-11,15-16,20,29H,1-3,12-14,17-18H2,(H,37,38). The van der Waals surface area contributed by atoms with Crippen molar-refractivity contribution in [3.05, 3.63) is 106 Å². The quantitative estimate of drug-likeness (QED) is 0.321. The van der Waals surface area contributed by atoms with E-state index in [-0.39, 0.29) is 12.0 Å². The third kappa shape index (κ3) is 5.68. The Bertz CT molecular complexity index is 1360. The van der Waals surface area contributed by atoms with Gasteiger partial charge in [0.25, 0.3) is 0 Å². The molecule has 3 nitrogen and oxygen atoms in total. The highest BCUT2D eigenvalue weighted by molar-refractivity contribution is 6.00. The van der Waals surface area contributed by atoms with E-state index >= 15 is 0 Å². The van der Waals surface area contributed by atoms with Crippen LogP contribution in [0.4, 0.5) is 17.6 Å². The molecule has 2 aliphatic rings. The molecule has 0 atom stereocenters. The second kappa shape index (κ2) is 11.1. The topological polar surface area (TPSA) is 40.5 Å². The van der Waals surface area contributed by atoms with Crippen LogP contribution in [0.3, 0.4) is 0 Å². The molecule has 1 saturated heterocycles. The van der Waals surface area contributed by atoms with Gasteiger partial charge in [-0.25, -0.2) is 22.4 Å². The van der Waals surface area contributed by atoms with E-state index < -0.39 is 24.0 Å². The first-order valence-electron chi connectivity index (χ1n) is 12.9. The van der Waals surface area contributed by atoms with Crippen LogP contribution < -0.4 is 0 Å². The molecular weight excluding hydrogens is 494 g/mol. The van der Waals surface area contributed by atoms with Gasteiger partial charge in [-0.05, 0) is 89.3 Å². The molecule has 7 heteroatoms. The van der Waals surface area contributed by atoms with E-state index in [4.69, 9.17) is 0 Å². The summed E-state index contributed by atoms with van der Waals surface area (Å²) >= 11 is 0. The van der Waals surface area contributed by atoms with Gasteiger partial charge in [-0.1, -0.05) is 30.3 Å². The van der Waals surface area contributed by atoms with E-state index in [0.717, 1.165) is 59.0 Å². The lowest BCUT2D eigenvalue weighted by Gasteiger charge is -2.39. The van der Waals surface area contributed by atoms with Crippen molar-refractivity contribution in [3.8, 4) is 0 Å². The first-order valence-corrected chi connectivity index (χ1v) is 12.9. The molecule has 0 saturated carbocycles. The van der Waals surface area contributed by atoms with Gasteiger partial charge < -0.3 is 10.0 Å². The lowest BCUT2D eigenvalue weighted by atomic mass is 9.86. The van der Waals surface area contributed by atoms with Crippen LogP contribution in [0.5, 0.6) is 0 Å². The van der Waals surface area contributed by atoms with Gasteiger partial charge in [0.05, 0.1) is 5.56 Å². The smallest absolute Gasteiger partial charge is 0.335 e. The zero-order valence-corrected chi connectivity index (χ0v) is 20.9. The Morgan fingerprint density at radius 3 is 2.37 bits per heavy atom. The number of carboxylic acids is 1. The first-order chi connectivity index (χ1) is 18.3. The van der Waals surface area contributed by atoms with Crippen molar-refractivity contribution >= 4 is 17.1 Å². The highest BCUT2D eigenvalue weighted by atomic mass is 19.3. The van der Waals surface area contributed by atoms with Crippen molar-refractivity contribution in [2.75, 3.05) is 19.6 Å². The van der Waals surface area contributed by atoms with Crippen molar-refractivity contribution in [1.82, 2.24) is 4.90 Å². The molecule has 0 bridgehead atoms. The summed E-state index contributed by atoms with van der Waals surface area (Å²) in [6, 6.07) is 16.7. The van der Waals surface area contributed by atoms with Crippen LogP contribution in [0.15, 0.2) is 60.7 Å². The highest BCUT2D eigenvalue weighted by Crippen LogP contribution is 2.41. The van der Waals surface area contributed by atoms with Gasteiger partial charge in [-0.2, -0.15) is 0 Å². The van der Waals surface area contributed by atoms with Gasteiger partial charge in [0.15, 0.2) is 0 Å². The number of alkyl halides is 2. The maximum Gasteiger partial charge on any atom is 0.335 e. The molecule has 1 N–H and O–H groups in total. The number of allylic oxidation sites excluding steroid dienone is 1. The fourth-order valence-electron chi connectivity index (χ4n) is 5.66. The molecular formula is C31H29F4NO2. The summed E-state index contributed by atoms with van der Waals surface area (Å²) in [7, 11) is 0. The zero-order valence-electron chi connectivity index (χ0n) is 20.9. The minimum absolute atomic E-state index is 0.0943. The van der Waals surface area contributed by atoms with Gasteiger partial charge in [-0.3, -0.25) is 0 Å². The summed E-state index contributed by atoms with van der Waals surface area (Å²) in [5.41, 5.74) is 5.91. The normalized spacial score (nSPS) is 16.3. The molecule has 3 aromatic rings. The number of likely N-dealkylation sites (tertiary alicyclic amines) is 1. The summed E-state index contributed by atoms with van der Waals surface area (Å²) in [5, 5.41) is 9.50. The molecule has 0 radical (unpaired) electrons. The average molecular weight is 524 g/mol. The third-order valence-electron chi connectivity index (χ3n) is 7.52. The molecule has 3 aromatic carbocycles. The van der Waals surface area contributed by atoms with Crippen LogP contribution in [0.2, 0.25) is 0 Å². The molecule has 38 heavy (non-hydrogen) atoms. The number of fused-ring (bicyclic) bond motifs is 1. The number of aromatic carboxylic acids is 1. The zero-order chi connectivity index (χ0) is 26.8. The molecule has 1 fully saturated rings. The Kier molecular flexibility index (Phi) is 7.65. The summed E-state index contributed by atoms with van der Waals surface area (Å²) in [5.74, 6) is -1.84. The largest absolute Gasteiger partial charge is 0.478 e. The number of benzene rings is 3. The van der Waals surface area contributed by atoms with Crippen LogP contribution in [-0.4, -0.2) is 42.0 Å². The maximum atomic E-state index is 15.0. The van der Waals surface area contributed by atoms with Crippen molar-refractivity contribution in [2.24, 2.45) is 5.92 Å². The Morgan fingerprint density at radius 2 is 1.68 bits per heavy atom. The minimum atomic E-state index is -2.27. The van der Waals surface area contributed by atoms with Crippen molar-refractivity contribution in [1.29, 1.82) is 0 Å². The van der Waals surface area contributed by atoms with Crippen LogP contribution in [0.1, 0.15) is 57.4 Å². The van der Waals surface area contributed by atoms with Crippen molar-refractivity contribution in [3.63, 3.8) is 0 Å². The van der Waals surface area contributed by atoms with Crippen molar-refractivity contribution in [2.45, 2.75) is 38.5 Å². The number of nitrogens with zero attached hydrogens (tertiary/aromatic N) is 1. The Balaban J connectivity index is 1.47. The monoisotopic (exact) mass is 523 g/mol. The fourth-order valence-corrected chi connectivity index (χ4v) is 5.66. The predicted octanol–water partition coefficient (Wildman–Crippen LogP) is 7.09. The molecule has 5 rings (SSSR count). The van der Waals surface area contributed by atoms with E-state index in [0.29, 0.717) is 37.3 Å². The van der Waals surface area contributed by atoms with Crippen LogP contribution in [0, 0.1) is 17.6 Å². The predicted molar refractivity (Wildman–Crippen MR) is 139 cm³/mol. The van der Waals surface area contributed by atoms with E-state index in [1.54, 1.807) is 18.2 Å². The average Bonchev–Trinajstić information content (AvgIpc) is 3.04. The highest BCUT2D eigenvalue weighted by Gasteiger charge is 2.27. The Labute approximate surface area is 219 Å². The first kappa shape index (κ1) is 26.2. The summed E-state index contributed by atoms with van der Waals surface area (Å²) in [6.45, 7) is 2.05. The molecule has 0 unspecified atom stereocenters. The number of rotatable bonds is 8.